The van der Waals surface area contributed by atoms with Gasteiger partial charge in [0.05, 0.1) is 0 Å². The molecular weight excluding hydrogens is 134 g/mol. The maximum absolute atomic E-state index is 5.95. The Balaban J connectivity index is 1.93. The zero-order valence-corrected chi connectivity index (χ0v) is 7.42. The summed E-state index contributed by atoms with van der Waals surface area (Å²) in [5, 5.41) is 0. The molecule has 2 saturated carbocycles. The maximum atomic E-state index is 5.95. The van der Waals surface area contributed by atoms with E-state index in [0.717, 1.165) is 17.8 Å². The molecule has 0 aromatic carbocycles. The average Bonchev–Trinajstić information content (AvgIpc) is 2.76. The lowest BCUT2D eigenvalue weighted by Gasteiger charge is -2.32. The van der Waals surface area contributed by atoms with Gasteiger partial charge in [0, 0.05) is 6.04 Å². The third kappa shape index (κ3) is 1.58. The van der Waals surface area contributed by atoms with Crippen LogP contribution in [0, 0.1) is 17.8 Å². The standard InChI is InChI=1S/C10H19N/c1-7-2-5-9(11)6-10(7)8-3-4-8/h7-10H,2-6,11H2,1H3. The predicted octanol–water partition coefficient (Wildman–Crippen LogP) is 2.16. The highest BCUT2D eigenvalue weighted by atomic mass is 14.6. The minimum atomic E-state index is 0.525. The summed E-state index contributed by atoms with van der Waals surface area (Å²) in [5.74, 6) is 3.01. The molecule has 1 heteroatoms. The molecule has 2 N–H and O–H groups in total. The molecule has 0 heterocycles. The molecule has 0 radical (unpaired) electrons. The van der Waals surface area contributed by atoms with Crippen molar-refractivity contribution in [1.82, 2.24) is 0 Å². The van der Waals surface area contributed by atoms with Gasteiger partial charge in [-0.05, 0) is 49.9 Å². The Morgan fingerprint density at radius 2 is 1.82 bits per heavy atom. The van der Waals surface area contributed by atoms with Crippen molar-refractivity contribution >= 4 is 0 Å². The molecular formula is C10H19N. The van der Waals surface area contributed by atoms with Crippen molar-refractivity contribution in [2.75, 3.05) is 0 Å². The first-order valence-electron chi connectivity index (χ1n) is 5.03. The quantitative estimate of drug-likeness (QED) is 0.614. The van der Waals surface area contributed by atoms with Gasteiger partial charge < -0.3 is 5.73 Å². The molecule has 0 aromatic heterocycles. The molecule has 2 rings (SSSR count). The molecule has 11 heavy (non-hydrogen) atoms. The molecule has 0 bridgehead atoms. The molecule has 0 spiro atoms. The lowest BCUT2D eigenvalue weighted by atomic mass is 9.76. The van der Waals surface area contributed by atoms with Crippen molar-refractivity contribution in [1.29, 1.82) is 0 Å². The first-order chi connectivity index (χ1) is 5.27. The van der Waals surface area contributed by atoms with E-state index in [0.29, 0.717) is 6.04 Å². The van der Waals surface area contributed by atoms with Crippen LogP contribution >= 0.6 is 0 Å². The second-order valence-corrected chi connectivity index (χ2v) is 4.55. The Labute approximate surface area is 69.4 Å². The number of rotatable bonds is 1. The second-order valence-electron chi connectivity index (χ2n) is 4.55. The van der Waals surface area contributed by atoms with Gasteiger partial charge in [0.15, 0.2) is 0 Å². The summed E-state index contributed by atoms with van der Waals surface area (Å²) in [6.07, 6.45) is 6.93. The molecule has 2 fully saturated rings. The van der Waals surface area contributed by atoms with E-state index < -0.39 is 0 Å². The Bertz CT molecular complexity index is 140. The minimum Gasteiger partial charge on any atom is -0.328 e. The Morgan fingerprint density at radius 3 is 2.45 bits per heavy atom. The maximum Gasteiger partial charge on any atom is 0.00417 e. The molecule has 3 atom stereocenters. The first-order valence-corrected chi connectivity index (χ1v) is 5.03. The SMILES string of the molecule is CC1CCC(N)CC1C1CC1. The summed E-state index contributed by atoms with van der Waals surface area (Å²) >= 11 is 0. The van der Waals surface area contributed by atoms with Crippen molar-refractivity contribution in [3.05, 3.63) is 0 Å². The summed E-state index contributed by atoms with van der Waals surface area (Å²) in [4.78, 5) is 0. The summed E-state index contributed by atoms with van der Waals surface area (Å²) in [6, 6.07) is 0.525. The van der Waals surface area contributed by atoms with Crippen LogP contribution in [0.4, 0.5) is 0 Å². The van der Waals surface area contributed by atoms with Crippen LogP contribution in [-0.4, -0.2) is 6.04 Å². The molecule has 3 unspecified atom stereocenters. The molecule has 0 aromatic rings. The van der Waals surface area contributed by atoms with Crippen LogP contribution in [0.1, 0.15) is 39.0 Å². The molecule has 0 amide bonds. The van der Waals surface area contributed by atoms with E-state index in [2.05, 4.69) is 6.92 Å². The van der Waals surface area contributed by atoms with Gasteiger partial charge in [0.25, 0.3) is 0 Å². The van der Waals surface area contributed by atoms with Gasteiger partial charge in [-0.25, -0.2) is 0 Å². The monoisotopic (exact) mass is 153 g/mol. The van der Waals surface area contributed by atoms with E-state index in [9.17, 15) is 0 Å². The average molecular weight is 153 g/mol. The summed E-state index contributed by atoms with van der Waals surface area (Å²) in [6.45, 7) is 2.41. The van der Waals surface area contributed by atoms with Crippen LogP contribution < -0.4 is 5.73 Å². The van der Waals surface area contributed by atoms with E-state index >= 15 is 0 Å². The van der Waals surface area contributed by atoms with Crippen LogP contribution in [0.2, 0.25) is 0 Å². The fraction of sp³-hybridized carbons (Fsp3) is 1.00. The van der Waals surface area contributed by atoms with E-state index in [1.54, 1.807) is 0 Å². The lowest BCUT2D eigenvalue weighted by molar-refractivity contribution is 0.207. The van der Waals surface area contributed by atoms with Crippen LogP contribution in [0.15, 0.2) is 0 Å². The summed E-state index contributed by atoms with van der Waals surface area (Å²) < 4.78 is 0. The molecule has 0 aliphatic heterocycles. The second kappa shape index (κ2) is 2.78. The Hall–Kier alpha value is -0.0400. The van der Waals surface area contributed by atoms with Crippen molar-refractivity contribution in [3.8, 4) is 0 Å². The highest BCUT2D eigenvalue weighted by Crippen LogP contribution is 2.46. The fourth-order valence-corrected chi connectivity index (χ4v) is 2.57. The summed E-state index contributed by atoms with van der Waals surface area (Å²) in [7, 11) is 0. The van der Waals surface area contributed by atoms with Gasteiger partial charge in [0.2, 0.25) is 0 Å². The van der Waals surface area contributed by atoms with Crippen LogP contribution in [0.5, 0.6) is 0 Å². The number of nitrogens with two attached hydrogens (primary N) is 1. The summed E-state index contributed by atoms with van der Waals surface area (Å²) in [5.41, 5.74) is 5.95. The minimum absolute atomic E-state index is 0.525. The van der Waals surface area contributed by atoms with Crippen molar-refractivity contribution in [3.63, 3.8) is 0 Å². The third-order valence-electron chi connectivity index (χ3n) is 3.53. The normalized spacial score (nSPS) is 45.8. The van der Waals surface area contributed by atoms with E-state index in [1.807, 2.05) is 0 Å². The third-order valence-corrected chi connectivity index (χ3v) is 3.53. The zero-order chi connectivity index (χ0) is 7.84. The highest BCUT2D eigenvalue weighted by Gasteiger charge is 2.37. The largest absolute Gasteiger partial charge is 0.328 e. The Morgan fingerprint density at radius 1 is 1.09 bits per heavy atom. The van der Waals surface area contributed by atoms with Crippen molar-refractivity contribution < 1.29 is 0 Å². The van der Waals surface area contributed by atoms with Crippen molar-refractivity contribution in [2.45, 2.75) is 45.1 Å². The van der Waals surface area contributed by atoms with Gasteiger partial charge in [-0.1, -0.05) is 6.92 Å². The molecule has 0 saturated heterocycles. The molecule has 64 valence electrons. The van der Waals surface area contributed by atoms with Crippen LogP contribution in [0.3, 0.4) is 0 Å². The van der Waals surface area contributed by atoms with E-state index in [4.69, 9.17) is 5.73 Å². The molecule has 2 aliphatic carbocycles. The van der Waals surface area contributed by atoms with Crippen LogP contribution in [-0.2, 0) is 0 Å². The smallest absolute Gasteiger partial charge is 0.00417 e. The Kier molecular flexibility index (Phi) is 1.92. The lowest BCUT2D eigenvalue weighted by Crippen LogP contribution is -2.33. The molecule has 2 aliphatic rings. The fourth-order valence-electron chi connectivity index (χ4n) is 2.57. The van der Waals surface area contributed by atoms with Gasteiger partial charge in [-0.15, -0.1) is 0 Å². The van der Waals surface area contributed by atoms with E-state index in [1.165, 1.54) is 32.1 Å². The number of hydrogen-bond donors (Lipinski definition) is 1. The number of hydrogen-bond acceptors (Lipinski definition) is 1. The van der Waals surface area contributed by atoms with Gasteiger partial charge in [-0.3, -0.25) is 0 Å². The van der Waals surface area contributed by atoms with Gasteiger partial charge in [0.1, 0.15) is 0 Å². The van der Waals surface area contributed by atoms with Crippen LogP contribution in [0.25, 0.3) is 0 Å². The topological polar surface area (TPSA) is 26.0 Å². The van der Waals surface area contributed by atoms with E-state index in [-0.39, 0.29) is 0 Å². The zero-order valence-electron chi connectivity index (χ0n) is 7.42. The van der Waals surface area contributed by atoms with Crippen molar-refractivity contribution in [2.24, 2.45) is 23.5 Å². The molecule has 1 nitrogen and oxygen atoms in total. The first kappa shape index (κ1) is 7.60. The predicted molar refractivity (Wildman–Crippen MR) is 47.2 cm³/mol. The van der Waals surface area contributed by atoms with Gasteiger partial charge in [-0.2, -0.15) is 0 Å². The highest BCUT2D eigenvalue weighted by molar-refractivity contribution is 4.89. The van der Waals surface area contributed by atoms with Gasteiger partial charge >= 0.3 is 0 Å².